The highest BCUT2D eigenvalue weighted by Crippen LogP contribution is 2.09. The largest absolute Gasteiger partial charge is 0.360 e. The molecule has 0 saturated carbocycles. The van der Waals surface area contributed by atoms with Crippen molar-refractivity contribution in [3.8, 4) is 0 Å². The monoisotopic (exact) mass is 248 g/mol. The molecule has 18 heavy (non-hydrogen) atoms. The number of nitrogens with one attached hydrogen (secondary N) is 2. The summed E-state index contributed by atoms with van der Waals surface area (Å²) in [6.07, 6.45) is 3.18. The molecule has 3 rings (SSSR count). The van der Waals surface area contributed by atoms with Crippen LogP contribution in [0.3, 0.4) is 0 Å². The van der Waals surface area contributed by atoms with Gasteiger partial charge in [-0.2, -0.15) is 0 Å². The Morgan fingerprint density at radius 2 is 2.50 bits per heavy atom. The van der Waals surface area contributed by atoms with E-state index in [9.17, 15) is 4.79 Å². The fourth-order valence-corrected chi connectivity index (χ4v) is 1.61. The maximum atomic E-state index is 11.8. The van der Waals surface area contributed by atoms with E-state index in [1.165, 1.54) is 6.20 Å². The summed E-state index contributed by atoms with van der Waals surface area (Å²) in [6, 6.07) is 1.99. The number of aromatic nitrogens is 4. The summed E-state index contributed by atoms with van der Waals surface area (Å²) in [5.74, 6) is 0.323. The molecule has 0 atom stereocenters. The van der Waals surface area contributed by atoms with Crippen LogP contribution in [0.5, 0.6) is 0 Å². The number of rotatable bonds is 4. The molecule has 0 aliphatic carbocycles. The Hall–Kier alpha value is -2.22. The van der Waals surface area contributed by atoms with Crippen LogP contribution in [-0.2, 0) is 6.54 Å². The Labute approximate surface area is 102 Å². The van der Waals surface area contributed by atoms with Gasteiger partial charge in [-0.25, -0.2) is 4.68 Å². The van der Waals surface area contributed by atoms with E-state index in [2.05, 4.69) is 26.1 Å². The first-order valence-electron chi connectivity index (χ1n) is 5.63. The van der Waals surface area contributed by atoms with Gasteiger partial charge in [-0.1, -0.05) is 10.4 Å². The van der Waals surface area contributed by atoms with E-state index in [1.54, 1.807) is 16.9 Å². The smallest absolute Gasteiger partial charge is 0.273 e. The Kier molecular flexibility index (Phi) is 2.77. The van der Waals surface area contributed by atoms with E-state index in [1.807, 2.05) is 0 Å². The maximum Gasteiger partial charge on any atom is 0.273 e. The molecule has 2 aromatic rings. The number of nitrogens with zero attached hydrogens (tertiary/aromatic N) is 4. The number of amides is 1. The molecule has 1 fully saturated rings. The highest BCUT2D eigenvalue weighted by atomic mass is 16.5. The second-order valence-electron chi connectivity index (χ2n) is 4.06. The lowest BCUT2D eigenvalue weighted by Crippen LogP contribution is -2.43. The van der Waals surface area contributed by atoms with Gasteiger partial charge in [-0.3, -0.25) is 4.79 Å². The standard InChI is InChI=1S/C10H12N6O2/c17-10(12-5-8-1-2-13-18-8)9-6-16(15-14-9)7-3-11-4-7/h1-2,6-7,11H,3-5H2,(H,12,17). The van der Waals surface area contributed by atoms with Gasteiger partial charge in [0.25, 0.3) is 5.91 Å². The molecule has 1 aliphatic rings. The van der Waals surface area contributed by atoms with Gasteiger partial charge in [0, 0.05) is 19.2 Å². The van der Waals surface area contributed by atoms with Gasteiger partial charge in [0.1, 0.15) is 0 Å². The third-order valence-corrected chi connectivity index (χ3v) is 2.79. The van der Waals surface area contributed by atoms with E-state index in [4.69, 9.17) is 4.52 Å². The molecule has 0 spiro atoms. The van der Waals surface area contributed by atoms with E-state index in [0.717, 1.165) is 13.1 Å². The zero-order valence-corrected chi connectivity index (χ0v) is 9.54. The first kappa shape index (κ1) is 10.9. The third kappa shape index (κ3) is 2.09. The average Bonchev–Trinajstić information content (AvgIpc) is 2.94. The highest BCUT2D eigenvalue weighted by molar-refractivity contribution is 5.91. The quantitative estimate of drug-likeness (QED) is 0.745. The molecule has 94 valence electrons. The SMILES string of the molecule is O=C(NCc1ccno1)c1cn(C2CNC2)nn1. The predicted molar refractivity (Wildman–Crippen MR) is 59.6 cm³/mol. The number of hydrogen-bond donors (Lipinski definition) is 2. The van der Waals surface area contributed by atoms with Crippen molar-refractivity contribution in [1.82, 2.24) is 30.8 Å². The van der Waals surface area contributed by atoms with Crippen LogP contribution in [0.2, 0.25) is 0 Å². The predicted octanol–water partition coefficient (Wildman–Crippen LogP) is -0.660. The summed E-state index contributed by atoms with van der Waals surface area (Å²) in [6.45, 7) is 2.02. The molecule has 8 nitrogen and oxygen atoms in total. The lowest BCUT2D eigenvalue weighted by atomic mass is 10.2. The molecular formula is C10H12N6O2. The highest BCUT2D eigenvalue weighted by Gasteiger charge is 2.21. The van der Waals surface area contributed by atoms with E-state index < -0.39 is 0 Å². The second-order valence-corrected chi connectivity index (χ2v) is 4.06. The molecule has 1 saturated heterocycles. The van der Waals surface area contributed by atoms with Crippen LogP contribution in [0, 0.1) is 0 Å². The lowest BCUT2D eigenvalue weighted by molar-refractivity contribution is 0.0942. The molecule has 0 bridgehead atoms. The van der Waals surface area contributed by atoms with Gasteiger partial charge in [0.05, 0.1) is 25.0 Å². The minimum absolute atomic E-state index is 0.273. The van der Waals surface area contributed by atoms with E-state index >= 15 is 0 Å². The van der Waals surface area contributed by atoms with Crippen LogP contribution >= 0.6 is 0 Å². The molecule has 1 amide bonds. The maximum absolute atomic E-state index is 11.8. The summed E-state index contributed by atoms with van der Waals surface area (Å²) in [7, 11) is 0. The minimum atomic E-state index is -0.273. The zero-order chi connectivity index (χ0) is 12.4. The number of carbonyl (C=O) groups excluding carboxylic acids is 1. The van der Waals surface area contributed by atoms with Crippen molar-refractivity contribution in [2.45, 2.75) is 12.6 Å². The molecule has 1 aliphatic heterocycles. The van der Waals surface area contributed by atoms with Gasteiger partial charge < -0.3 is 15.2 Å². The van der Waals surface area contributed by atoms with Crippen molar-refractivity contribution in [3.63, 3.8) is 0 Å². The summed E-state index contributed by atoms with van der Waals surface area (Å²) in [4.78, 5) is 11.8. The van der Waals surface area contributed by atoms with E-state index in [-0.39, 0.29) is 12.5 Å². The first-order chi connectivity index (χ1) is 8.83. The van der Waals surface area contributed by atoms with Gasteiger partial charge in [-0.15, -0.1) is 5.10 Å². The van der Waals surface area contributed by atoms with Crippen LogP contribution in [0.25, 0.3) is 0 Å². The van der Waals surface area contributed by atoms with Crippen LogP contribution < -0.4 is 10.6 Å². The average molecular weight is 248 g/mol. The molecule has 8 heteroatoms. The fraction of sp³-hybridized carbons (Fsp3) is 0.400. The van der Waals surface area contributed by atoms with Crippen molar-refractivity contribution in [3.05, 3.63) is 29.9 Å². The third-order valence-electron chi connectivity index (χ3n) is 2.79. The molecule has 0 unspecified atom stereocenters. The fourth-order valence-electron chi connectivity index (χ4n) is 1.61. The Morgan fingerprint density at radius 3 is 3.17 bits per heavy atom. The lowest BCUT2D eigenvalue weighted by Gasteiger charge is -2.26. The molecule has 2 N–H and O–H groups in total. The number of carbonyl (C=O) groups is 1. The van der Waals surface area contributed by atoms with E-state index in [0.29, 0.717) is 17.5 Å². The van der Waals surface area contributed by atoms with Gasteiger partial charge in [0.15, 0.2) is 11.5 Å². The van der Waals surface area contributed by atoms with Gasteiger partial charge >= 0.3 is 0 Å². The van der Waals surface area contributed by atoms with Crippen molar-refractivity contribution in [2.75, 3.05) is 13.1 Å². The van der Waals surface area contributed by atoms with Gasteiger partial charge in [-0.05, 0) is 0 Å². The molecule has 0 radical (unpaired) electrons. The van der Waals surface area contributed by atoms with Crippen molar-refractivity contribution >= 4 is 5.91 Å². The second kappa shape index (κ2) is 4.57. The topological polar surface area (TPSA) is 97.9 Å². The van der Waals surface area contributed by atoms with Crippen molar-refractivity contribution < 1.29 is 9.32 Å². The molecular weight excluding hydrogens is 236 g/mol. The molecule has 3 heterocycles. The van der Waals surface area contributed by atoms with Crippen LogP contribution in [0.15, 0.2) is 23.0 Å². The molecule has 0 aromatic carbocycles. The Morgan fingerprint density at radius 1 is 1.61 bits per heavy atom. The molecule has 2 aromatic heterocycles. The van der Waals surface area contributed by atoms with Gasteiger partial charge in [0.2, 0.25) is 0 Å². The minimum Gasteiger partial charge on any atom is -0.360 e. The number of hydrogen-bond acceptors (Lipinski definition) is 6. The summed E-state index contributed by atoms with van der Waals surface area (Å²) < 4.78 is 6.58. The normalized spacial score (nSPS) is 15.3. The zero-order valence-electron chi connectivity index (χ0n) is 9.54. The van der Waals surface area contributed by atoms with Crippen molar-refractivity contribution in [1.29, 1.82) is 0 Å². The van der Waals surface area contributed by atoms with Crippen LogP contribution in [0.4, 0.5) is 0 Å². The summed E-state index contributed by atoms with van der Waals surface area (Å²) in [5.41, 5.74) is 0.307. The summed E-state index contributed by atoms with van der Waals surface area (Å²) in [5, 5.41) is 17.2. The Bertz CT molecular complexity index is 530. The van der Waals surface area contributed by atoms with Crippen molar-refractivity contribution in [2.24, 2.45) is 0 Å². The van der Waals surface area contributed by atoms with Crippen LogP contribution in [0.1, 0.15) is 22.3 Å². The summed E-state index contributed by atoms with van der Waals surface area (Å²) >= 11 is 0. The Balaban J connectivity index is 1.59. The first-order valence-corrected chi connectivity index (χ1v) is 5.63. The van der Waals surface area contributed by atoms with Crippen LogP contribution in [-0.4, -0.2) is 39.1 Å².